The summed E-state index contributed by atoms with van der Waals surface area (Å²) < 4.78 is 12.4. The molecule has 1 aromatic heterocycles. The summed E-state index contributed by atoms with van der Waals surface area (Å²) in [6.45, 7) is 1.07. The number of phenols is 1. The molecule has 25 heavy (non-hydrogen) atoms. The lowest BCUT2D eigenvalue weighted by Crippen LogP contribution is -2.01. The molecule has 0 unspecified atom stereocenters. The van der Waals surface area contributed by atoms with Crippen LogP contribution in [-0.4, -0.2) is 16.7 Å². The van der Waals surface area contributed by atoms with Crippen LogP contribution in [0.3, 0.4) is 0 Å². The first-order valence-electron chi connectivity index (χ1n) is 7.92. The van der Waals surface area contributed by atoms with Crippen LogP contribution in [0.25, 0.3) is 0 Å². The van der Waals surface area contributed by atoms with Gasteiger partial charge in [0, 0.05) is 17.1 Å². The zero-order valence-corrected chi connectivity index (χ0v) is 15.1. The minimum absolute atomic E-state index is 0.279. The lowest BCUT2D eigenvalue weighted by atomic mass is 10.1. The van der Waals surface area contributed by atoms with Crippen LogP contribution in [0.15, 0.2) is 71.5 Å². The van der Waals surface area contributed by atoms with E-state index in [9.17, 15) is 5.11 Å². The zero-order chi connectivity index (χ0) is 17.5. The van der Waals surface area contributed by atoms with Gasteiger partial charge in [-0.2, -0.15) is 0 Å². The lowest BCUT2D eigenvalue weighted by Gasteiger charge is -2.09. The van der Waals surface area contributed by atoms with Gasteiger partial charge in [0.25, 0.3) is 0 Å². The van der Waals surface area contributed by atoms with E-state index in [4.69, 9.17) is 9.47 Å². The number of hydrogen-bond acceptors (Lipinski definition) is 4. The summed E-state index contributed by atoms with van der Waals surface area (Å²) in [5.41, 5.74) is 2.19. The molecule has 5 heteroatoms. The molecular formula is C20H18BrNO3. The fourth-order valence-corrected chi connectivity index (χ4v) is 2.61. The number of ether oxygens (including phenoxy) is 2. The molecule has 0 bridgehead atoms. The Morgan fingerprint density at radius 1 is 0.840 bits per heavy atom. The van der Waals surface area contributed by atoms with E-state index in [1.807, 2.05) is 42.5 Å². The van der Waals surface area contributed by atoms with Gasteiger partial charge in [-0.25, -0.2) is 0 Å². The summed E-state index contributed by atoms with van der Waals surface area (Å²) in [7, 11) is 0. The van der Waals surface area contributed by atoms with Crippen LogP contribution in [-0.2, 0) is 13.0 Å². The van der Waals surface area contributed by atoms with Crippen LogP contribution in [0.4, 0.5) is 0 Å². The van der Waals surface area contributed by atoms with Gasteiger partial charge in [0.15, 0.2) is 0 Å². The summed E-state index contributed by atoms with van der Waals surface area (Å²) in [6, 6.07) is 16.9. The lowest BCUT2D eigenvalue weighted by molar-refractivity contribution is 0.303. The average Bonchev–Trinajstić information content (AvgIpc) is 2.63. The van der Waals surface area contributed by atoms with Crippen molar-refractivity contribution in [1.29, 1.82) is 0 Å². The number of aromatic hydroxyl groups is 1. The molecule has 0 aliphatic heterocycles. The van der Waals surface area contributed by atoms with Crippen molar-refractivity contribution in [2.75, 3.05) is 6.61 Å². The Hall–Kier alpha value is -2.53. The molecule has 0 radical (unpaired) electrons. The molecule has 4 nitrogen and oxygen atoms in total. The van der Waals surface area contributed by atoms with Crippen molar-refractivity contribution >= 4 is 15.9 Å². The maximum atomic E-state index is 9.27. The highest BCUT2D eigenvalue weighted by Gasteiger charge is 2.00. The molecule has 1 N–H and O–H groups in total. The summed E-state index contributed by atoms with van der Waals surface area (Å²) in [5, 5.41) is 9.27. The highest BCUT2D eigenvalue weighted by Crippen LogP contribution is 2.18. The fourth-order valence-electron chi connectivity index (χ4n) is 2.27. The summed E-state index contributed by atoms with van der Waals surface area (Å²) >= 11 is 3.37. The van der Waals surface area contributed by atoms with Gasteiger partial charge in [-0.3, -0.25) is 4.98 Å². The second-order valence-electron chi connectivity index (χ2n) is 5.54. The zero-order valence-electron chi connectivity index (χ0n) is 13.6. The summed E-state index contributed by atoms with van der Waals surface area (Å²) in [5.74, 6) is 1.83. The number of benzene rings is 2. The van der Waals surface area contributed by atoms with Crippen LogP contribution in [0.5, 0.6) is 17.2 Å². The van der Waals surface area contributed by atoms with Crippen molar-refractivity contribution in [1.82, 2.24) is 4.98 Å². The van der Waals surface area contributed by atoms with E-state index in [0.717, 1.165) is 33.5 Å². The monoisotopic (exact) mass is 399 g/mol. The van der Waals surface area contributed by atoms with Gasteiger partial charge in [-0.1, -0.05) is 24.3 Å². The normalized spacial score (nSPS) is 10.4. The Balaban J connectivity index is 1.46. The SMILES string of the molecule is Oc1ccc(CCOc2ccc(COc3cncc(Br)c3)cc2)cc1. The third kappa shape index (κ3) is 5.50. The van der Waals surface area contributed by atoms with E-state index in [0.29, 0.717) is 13.2 Å². The smallest absolute Gasteiger partial charge is 0.139 e. The quantitative estimate of drug-likeness (QED) is 0.622. The molecule has 3 aromatic rings. The minimum Gasteiger partial charge on any atom is -0.508 e. The molecule has 128 valence electrons. The number of hydrogen-bond donors (Lipinski definition) is 1. The van der Waals surface area contributed by atoms with Crippen molar-refractivity contribution in [3.05, 3.63) is 82.6 Å². The molecule has 0 aliphatic rings. The molecule has 0 aliphatic carbocycles. The average molecular weight is 400 g/mol. The first kappa shape index (κ1) is 17.3. The molecule has 0 spiro atoms. The largest absolute Gasteiger partial charge is 0.508 e. The molecule has 0 amide bonds. The predicted octanol–water partition coefficient (Wildman–Crippen LogP) is 4.75. The standard InChI is InChI=1S/C20H18BrNO3/c21-17-11-20(13-22-12-17)25-14-16-3-7-19(8-4-16)24-10-9-15-1-5-18(23)6-2-15/h1-8,11-13,23H,9-10,14H2. The van der Waals surface area contributed by atoms with E-state index in [1.165, 1.54) is 0 Å². The van der Waals surface area contributed by atoms with Gasteiger partial charge in [0.2, 0.25) is 0 Å². The highest BCUT2D eigenvalue weighted by molar-refractivity contribution is 9.10. The van der Waals surface area contributed by atoms with Crippen molar-refractivity contribution < 1.29 is 14.6 Å². The van der Waals surface area contributed by atoms with Crippen LogP contribution in [0.2, 0.25) is 0 Å². The third-order valence-electron chi connectivity index (χ3n) is 3.60. The molecule has 1 heterocycles. The minimum atomic E-state index is 0.279. The van der Waals surface area contributed by atoms with Crippen molar-refractivity contribution in [3.8, 4) is 17.2 Å². The van der Waals surface area contributed by atoms with E-state index >= 15 is 0 Å². The van der Waals surface area contributed by atoms with Gasteiger partial charge in [-0.05, 0) is 57.4 Å². The third-order valence-corrected chi connectivity index (χ3v) is 4.04. The molecule has 0 saturated carbocycles. The van der Waals surface area contributed by atoms with Crippen LogP contribution >= 0.6 is 15.9 Å². The second-order valence-corrected chi connectivity index (χ2v) is 6.45. The first-order valence-corrected chi connectivity index (χ1v) is 8.71. The number of phenolic OH excluding ortho intramolecular Hbond substituents is 1. The number of nitrogens with zero attached hydrogens (tertiary/aromatic N) is 1. The van der Waals surface area contributed by atoms with Crippen LogP contribution in [0, 0.1) is 0 Å². The first-order chi connectivity index (χ1) is 12.2. The molecule has 0 fully saturated rings. The maximum absolute atomic E-state index is 9.27. The van der Waals surface area contributed by atoms with E-state index < -0.39 is 0 Å². The molecular weight excluding hydrogens is 382 g/mol. The van der Waals surface area contributed by atoms with Gasteiger partial charge in [-0.15, -0.1) is 0 Å². The fraction of sp³-hybridized carbons (Fsp3) is 0.150. The Morgan fingerprint density at radius 3 is 2.28 bits per heavy atom. The number of rotatable bonds is 7. The summed E-state index contributed by atoms with van der Waals surface area (Å²) in [4.78, 5) is 4.07. The second kappa shape index (κ2) is 8.53. The molecule has 2 aromatic carbocycles. The Bertz CT molecular complexity index is 804. The summed E-state index contributed by atoms with van der Waals surface area (Å²) in [6.07, 6.45) is 4.20. The maximum Gasteiger partial charge on any atom is 0.139 e. The van der Waals surface area contributed by atoms with Crippen LogP contribution in [0.1, 0.15) is 11.1 Å². The van der Waals surface area contributed by atoms with Crippen molar-refractivity contribution in [3.63, 3.8) is 0 Å². The Morgan fingerprint density at radius 2 is 1.56 bits per heavy atom. The van der Waals surface area contributed by atoms with Gasteiger partial charge >= 0.3 is 0 Å². The van der Waals surface area contributed by atoms with E-state index in [2.05, 4.69) is 20.9 Å². The van der Waals surface area contributed by atoms with E-state index in [-0.39, 0.29) is 5.75 Å². The predicted molar refractivity (Wildman–Crippen MR) is 100 cm³/mol. The Kier molecular flexibility index (Phi) is 5.90. The highest BCUT2D eigenvalue weighted by atomic mass is 79.9. The number of pyridine rings is 1. The number of halogens is 1. The molecule has 3 rings (SSSR count). The van der Waals surface area contributed by atoms with Gasteiger partial charge in [0.05, 0.1) is 12.8 Å². The molecule has 0 saturated heterocycles. The van der Waals surface area contributed by atoms with Gasteiger partial charge < -0.3 is 14.6 Å². The van der Waals surface area contributed by atoms with Crippen LogP contribution < -0.4 is 9.47 Å². The van der Waals surface area contributed by atoms with Crippen molar-refractivity contribution in [2.45, 2.75) is 13.0 Å². The topological polar surface area (TPSA) is 51.6 Å². The van der Waals surface area contributed by atoms with E-state index in [1.54, 1.807) is 24.5 Å². The molecule has 0 atom stereocenters. The Labute approximate surface area is 155 Å². The van der Waals surface area contributed by atoms with Gasteiger partial charge in [0.1, 0.15) is 23.9 Å². The van der Waals surface area contributed by atoms with Crippen molar-refractivity contribution in [2.24, 2.45) is 0 Å². The number of aromatic nitrogens is 1.